The Balaban J connectivity index is 2.14. The maximum Gasteiger partial charge on any atom is 0.267 e. The number of carbonyl (C=O) groups excluding carboxylic acids is 2. The lowest BCUT2D eigenvalue weighted by atomic mass is 10.2. The second kappa shape index (κ2) is 6.73. The number of nitrogens with zero attached hydrogens (tertiary/aromatic N) is 2. The average Bonchev–Trinajstić information content (AvgIpc) is 3.09. The maximum atomic E-state index is 12.1. The van der Waals surface area contributed by atoms with Crippen molar-refractivity contribution in [2.45, 2.75) is 0 Å². The summed E-state index contributed by atoms with van der Waals surface area (Å²) in [6.45, 7) is 0. The van der Waals surface area contributed by atoms with Gasteiger partial charge in [-0.2, -0.15) is 0 Å². The standard InChI is InChI=1S/C16H17N3O3/c1-18-11-3-4-14(18)15(20)9-7-12-5-6-13(19(12)2)8-10-16(21)17-22/h3-11,22H,1-2H3,(H,17,21)/b9-7+,10-8+. The van der Waals surface area contributed by atoms with Crippen LogP contribution >= 0.6 is 0 Å². The van der Waals surface area contributed by atoms with Crippen LogP contribution in [0.15, 0.2) is 42.6 Å². The molecule has 0 fully saturated rings. The van der Waals surface area contributed by atoms with Crippen molar-refractivity contribution in [2.24, 2.45) is 14.1 Å². The molecule has 0 aromatic carbocycles. The summed E-state index contributed by atoms with van der Waals surface area (Å²) in [7, 11) is 3.64. The van der Waals surface area contributed by atoms with Crippen LogP contribution in [-0.4, -0.2) is 26.0 Å². The van der Waals surface area contributed by atoms with Crippen LogP contribution in [0.1, 0.15) is 21.9 Å². The monoisotopic (exact) mass is 299 g/mol. The summed E-state index contributed by atoms with van der Waals surface area (Å²) in [5.41, 5.74) is 3.74. The highest BCUT2D eigenvalue weighted by molar-refractivity contribution is 6.05. The molecule has 2 rings (SSSR count). The first-order chi connectivity index (χ1) is 10.5. The van der Waals surface area contributed by atoms with E-state index in [1.54, 1.807) is 22.8 Å². The Hall–Kier alpha value is -2.86. The maximum absolute atomic E-state index is 12.1. The fraction of sp³-hybridized carbons (Fsp3) is 0.125. The lowest BCUT2D eigenvalue weighted by Gasteiger charge is -2.01. The van der Waals surface area contributed by atoms with Gasteiger partial charge in [-0.25, -0.2) is 5.48 Å². The van der Waals surface area contributed by atoms with Gasteiger partial charge in [-0.1, -0.05) is 0 Å². The minimum atomic E-state index is -0.600. The largest absolute Gasteiger partial charge is 0.348 e. The van der Waals surface area contributed by atoms with Gasteiger partial charge in [0.25, 0.3) is 5.91 Å². The zero-order valence-corrected chi connectivity index (χ0v) is 12.4. The minimum absolute atomic E-state index is 0.0783. The van der Waals surface area contributed by atoms with Crippen molar-refractivity contribution in [3.8, 4) is 0 Å². The molecule has 0 saturated carbocycles. The van der Waals surface area contributed by atoms with Gasteiger partial charge < -0.3 is 9.13 Å². The van der Waals surface area contributed by atoms with Crippen LogP contribution < -0.4 is 5.48 Å². The summed E-state index contributed by atoms with van der Waals surface area (Å²) in [4.78, 5) is 23.0. The molecule has 2 N–H and O–H groups in total. The Labute approximate surface area is 127 Å². The van der Waals surface area contributed by atoms with Gasteiger partial charge in [0.05, 0.1) is 5.69 Å². The quantitative estimate of drug-likeness (QED) is 0.382. The lowest BCUT2D eigenvalue weighted by molar-refractivity contribution is -0.124. The van der Waals surface area contributed by atoms with Crippen molar-refractivity contribution in [2.75, 3.05) is 0 Å². The molecular weight excluding hydrogens is 282 g/mol. The third-order valence-electron chi connectivity index (χ3n) is 3.32. The van der Waals surface area contributed by atoms with E-state index in [1.807, 2.05) is 43.1 Å². The van der Waals surface area contributed by atoms with Crippen LogP contribution in [0.5, 0.6) is 0 Å². The second-order valence-corrected chi connectivity index (χ2v) is 4.75. The summed E-state index contributed by atoms with van der Waals surface area (Å²) in [6, 6.07) is 7.23. The summed E-state index contributed by atoms with van der Waals surface area (Å²) in [6.07, 6.45) is 7.84. The van der Waals surface area contributed by atoms with Gasteiger partial charge in [-0.05, 0) is 42.5 Å². The number of aromatic nitrogens is 2. The van der Waals surface area contributed by atoms with E-state index in [9.17, 15) is 9.59 Å². The number of aryl methyl sites for hydroxylation is 1. The van der Waals surface area contributed by atoms with Crippen molar-refractivity contribution < 1.29 is 14.8 Å². The van der Waals surface area contributed by atoms with E-state index < -0.39 is 5.91 Å². The second-order valence-electron chi connectivity index (χ2n) is 4.75. The van der Waals surface area contributed by atoms with Crippen molar-refractivity contribution in [1.82, 2.24) is 14.6 Å². The van der Waals surface area contributed by atoms with Gasteiger partial charge in [-0.3, -0.25) is 14.8 Å². The van der Waals surface area contributed by atoms with Crippen LogP contribution in [0.25, 0.3) is 12.2 Å². The molecule has 0 spiro atoms. The molecular formula is C16H17N3O3. The van der Waals surface area contributed by atoms with E-state index >= 15 is 0 Å². The molecule has 2 heterocycles. The number of ketones is 1. The molecule has 0 bridgehead atoms. The fourth-order valence-electron chi connectivity index (χ4n) is 2.04. The fourth-order valence-corrected chi connectivity index (χ4v) is 2.04. The first-order valence-electron chi connectivity index (χ1n) is 6.64. The molecule has 0 unspecified atom stereocenters. The number of hydrogen-bond donors (Lipinski definition) is 2. The van der Waals surface area contributed by atoms with Crippen molar-refractivity contribution in [3.05, 3.63) is 59.7 Å². The zero-order valence-electron chi connectivity index (χ0n) is 12.4. The number of rotatable bonds is 5. The third kappa shape index (κ3) is 3.42. The topological polar surface area (TPSA) is 76.3 Å². The molecule has 22 heavy (non-hydrogen) atoms. The Bertz CT molecular complexity index is 751. The highest BCUT2D eigenvalue weighted by Gasteiger charge is 2.06. The highest BCUT2D eigenvalue weighted by atomic mass is 16.5. The molecule has 0 saturated heterocycles. The normalized spacial score (nSPS) is 11.4. The van der Waals surface area contributed by atoms with Gasteiger partial charge in [0.15, 0.2) is 0 Å². The number of nitrogens with one attached hydrogen (secondary N) is 1. The summed E-state index contributed by atoms with van der Waals surface area (Å²) in [5, 5.41) is 8.44. The van der Waals surface area contributed by atoms with E-state index in [2.05, 4.69) is 0 Å². The van der Waals surface area contributed by atoms with Crippen LogP contribution in [0.4, 0.5) is 0 Å². The number of carbonyl (C=O) groups is 2. The zero-order chi connectivity index (χ0) is 16.1. The van der Waals surface area contributed by atoms with Crippen molar-refractivity contribution in [1.29, 1.82) is 0 Å². The molecule has 2 aromatic rings. The van der Waals surface area contributed by atoms with Crippen LogP contribution in [0.2, 0.25) is 0 Å². The molecule has 0 aliphatic carbocycles. The van der Waals surface area contributed by atoms with Gasteiger partial charge in [0, 0.05) is 37.8 Å². The van der Waals surface area contributed by atoms with E-state index in [-0.39, 0.29) is 5.78 Å². The SMILES string of the molecule is Cn1cccc1C(=O)/C=C/c1ccc(/C=C/C(=O)NO)n1C. The van der Waals surface area contributed by atoms with Gasteiger partial charge >= 0.3 is 0 Å². The molecule has 1 amide bonds. The smallest absolute Gasteiger partial charge is 0.267 e. The summed E-state index contributed by atoms with van der Waals surface area (Å²) < 4.78 is 3.59. The first-order valence-corrected chi connectivity index (χ1v) is 6.64. The van der Waals surface area contributed by atoms with Gasteiger partial charge in [0.2, 0.25) is 5.78 Å². The first kappa shape index (κ1) is 15.5. The van der Waals surface area contributed by atoms with Gasteiger partial charge in [0.1, 0.15) is 0 Å². The number of amides is 1. The Morgan fingerprint density at radius 3 is 2.27 bits per heavy atom. The lowest BCUT2D eigenvalue weighted by Crippen LogP contribution is -2.14. The van der Waals surface area contributed by atoms with Crippen LogP contribution in [0, 0.1) is 0 Å². The number of hydroxylamine groups is 1. The summed E-state index contributed by atoms with van der Waals surface area (Å²) in [5.74, 6) is -0.678. The Morgan fingerprint density at radius 1 is 1.09 bits per heavy atom. The van der Waals surface area contributed by atoms with E-state index in [4.69, 9.17) is 5.21 Å². The Kier molecular flexibility index (Phi) is 4.75. The predicted octanol–water partition coefficient (Wildman–Crippen LogP) is 1.78. The van der Waals surface area contributed by atoms with E-state index in [0.29, 0.717) is 5.69 Å². The van der Waals surface area contributed by atoms with E-state index in [0.717, 1.165) is 11.4 Å². The number of allylic oxidation sites excluding steroid dienone is 1. The average molecular weight is 299 g/mol. The molecule has 6 heteroatoms. The molecule has 0 atom stereocenters. The van der Waals surface area contributed by atoms with Crippen LogP contribution in [-0.2, 0) is 18.9 Å². The third-order valence-corrected chi connectivity index (χ3v) is 3.32. The highest BCUT2D eigenvalue weighted by Crippen LogP contribution is 2.12. The Morgan fingerprint density at radius 2 is 1.73 bits per heavy atom. The molecule has 2 aromatic heterocycles. The molecule has 6 nitrogen and oxygen atoms in total. The van der Waals surface area contributed by atoms with Crippen molar-refractivity contribution >= 4 is 23.8 Å². The van der Waals surface area contributed by atoms with E-state index in [1.165, 1.54) is 17.6 Å². The van der Waals surface area contributed by atoms with Crippen molar-refractivity contribution in [3.63, 3.8) is 0 Å². The minimum Gasteiger partial charge on any atom is -0.348 e. The number of hydrogen-bond acceptors (Lipinski definition) is 3. The molecule has 114 valence electrons. The molecule has 0 radical (unpaired) electrons. The predicted molar refractivity (Wildman–Crippen MR) is 83.2 cm³/mol. The molecule has 0 aliphatic rings. The van der Waals surface area contributed by atoms with Crippen LogP contribution in [0.3, 0.4) is 0 Å². The molecule has 0 aliphatic heterocycles. The van der Waals surface area contributed by atoms with Gasteiger partial charge in [-0.15, -0.1) is 0 Å². The summed E-state index contributed by atoms with van der Waals surface area (Å²) >= 11 is 0.